The molecular formula is C14H21BrN4S. The van der Waals surface area contributed by atoms with Gasteiger partial charge in [-0.25, -0.2) is 0 Å². The molecule has 3 N–H and O–H groups in total. The fourth-order valence-corrected chi connectivity index (χ4v) is 3.82. The summed E-state index contributed by atoms with van der Waals surface area (Å²) < 4.78 is 3.20. The van der Waals surface area contributed by atoms with Gasteiger partial charge in [-0.3, -0.25) is 16.0 Å². The predicted molar refractivity (Wildman–Crippen MR) is 87.8 cm³/mol. The van der Waals surface area contributed by atoms with E-state index in [0.717, 1.165) is 36.0 Å². The van der Waals surface area contributed by atoms with Crippen LogP contribution in [0.1, 0.15) is 30.1 Å². The third kappa shape index (κ3) is 3.49. The first-order valence-electron chi connectivity index (χ1n) is 6.92. The molecule has 0 fully saturated rings. The predicted octanol–water partition coefficient (Wildman–Crippen LogP) is 2.91. The summed E-state index contributed by atoms with van der Waals surface area (Å²) in [4.78, 5) is 1.35. The van der Waals surface area contributed by atoms with Crippen LogP contribution in [-0.4, -0.2) is 15.8 Å². The molecule has 0 saturated heterocycles. The standard InChI is InChI=1S/C14H21BrN4S/c1-3-12-14(15)13(19(4-2)18-12)9-10(17-16)8-11-6-5-7-20-11/h5-7,10,17H,3-4,8-9,16H2,1-2H3. The van der Waals surface area contributed by atoms with Crippen molar-refractivity contribution in [1.29, 1.82) is 0 Å². The fraction of sp³-hybridized carbons (Fsp3) is 0.500. The number of rotatable bonds is 7. The number of aryl methyl sites for hydroxylation is 2. The molecule has 1 unspecified atom stereocenters. The summed E-state index contributed by atoms with van der Waals surface area (Å²) in [6, 6.07) is 4.45. The molecule has 0 saturated carbocycles. The maximum atomic E-state index is 5.73. The molecule has 1 atom stereocenters. The Hall–Kier alpha value is -0.690. The van der Waals surface area contributed by atoms with Gasteiger partial charge in [0.1, 0.15) is 0 Å². The number of nitrogens with zero attached hydrogens (tertiary/aromatic N) is 2. The van der Waals surface area contributed by atoms with Crippen LogP contribution in [-0.2, 0) is 25.8 Å². The lowest BCUT2D eigenvalue weighted by atomic mass is 10.1. The maximum Gasteiger partial charge on any atom is 0.0766 e. The summed E-state index contributed by atoms with van der Waals surface area (Å²) in [5.74, 6) is 5.73. The summed E-state index contributed by atoms with van der Waals surface area (Å²) in [5, 5.41) is 6.74. The quantitative estimate of drug-likeness (QED) is 0.592. The summed E-state index contributed by atoms with van der Waals surface area (Å²) >= 11 is 5.46. The molecular weight excluding hydrogens is 336 g/mol. The number of nitrogens with one attached hydrogen (secondary N) is 1. The zero-order valence-corrected chi connectivity index (χ0v) is 14.3. The maximum absolute atomic E-state index is 5.73. The van der Waals surface area contributed by atoms with Crippen LogP contribution in [0.4, 0.5) is 0 Å². The largest absolute Gasteiger partial charge is 0.271 e. The van der Waals surface area contributed by atoms with E-state index >= 15 is 0 Å². The first-order valence-corrected chi connectivity index (χ1v) is 8.59. The van der Waals surface area contributed by atoms with E-state index in [1.807, 2.05) is 0 Å². The number of halogens is 1. The number of hydrazine groups is 1. The smallest absolute Gasteiger partial charge is 0.0766 e. The number of aromatic nitrogens is 2. The molecule has 110 valence electrons. The van der Waals surface area contributed by atoms with E-state index in [1.165, 1.54) is 10.6 Å². The van der Waals surface area contributed by atoms with Gasteiger partial charge in [0.05, 0.1) is 15.9 Å². The van der Waals surface area contributed by atoms with Gasteiger partial charge in [-0.15, -0.1) is 11.3 Å². The Morgan fingerprint density at radius 2 is 2.25 bits per heavy atom. The molecule has 0 aliphatic carbocycles. The van der Waals surface area contributed by atoms with Crippen LogP contribution in [0, 0.1) is 0 Å². The molecule has 0 radical (unpaired) electrons. The van der Waals surface area contributed by atoms with E-state index in [2.05, 4.69) is 62.5 Å². The highest BCUT2D eigenvalue weighted by Crippen LogP contribution is 2.24. The summed E-state index contributed by atoms with van der Waals surface area (Å²) in [6.45, 7) is 5.12. The number of thiophene rings is 1. The summed E-state index contributed by atoms with van der Waals surface area (Å²) in [5.41, 5.74) is 5.28. The molecule has 0 aliphatic heterocycles. The lowest BCUT2D eigenvalue weighted by Crippen LogP contribution is -2.38. The zero-order chi connectivity index (χ0) is 14.5. The minimum atomic E-state index is 0.219. The zero-order valence-electron chi connectivity index (χ0n) is 11.9. The van der Waals surface area contributed by atoms with Crippen LogP contribution >= 0.6 is 27.3 Å². The van der Waals surface area contributed by atoms with Gasteiger partial charge in [-0.05, 0) is 47.1 Å². The molecule has 2 aromatic rings. The molecule has 0 bridgehead atoms. The van der Waals surface area contributed by atoms with Crippen LogP contribution in [0.3, 0.4) is 0 Å². The van der Waals surface area contributed by atoms with Gasteiger partial charge < -0.3 is 0 Å². The second-order valence-corrected chi connectivity index (χ2v) is 6.55. The minimum absolute atomic E-state index is 0.219. The van der Waals surface area contributed by atoms with Gasteiger partial charge in [-0.2, -0.15) is 5.10 Å². The second-order valence-electron chi connectivity index (χ2n) is 4.73. The topological polar surface area (TPSA) is 55.9 Å². The van der Waals surface area contributed by atoms with Crippen molar-refractivity contribution in [2.45, 2.75) is 45.7 Å². The first-order chi connectivity index (χ1) is 9.69. The first kappa shape index (κ1) is 15.7. The van der Waals surface area contributed by atoms with Crippen molar-refractivity contribution < 1.29 is 0 Å². The van der Waals surface area contributed by atoms with Crippen LogP contribution in [0.2, 0.25) is 0 Å². The highest BCUT2D eigenvalue weighted by atomic mass is 79.9. The fourth-order valence-electron chi connectivity index (χ4n) is 2.31. The van der Waals surface area contributed by atoms with Crippen molar-refractivity contribution >= 4 is 27.3 Å². The molecule has 20 heavy (non-hydrogen) atoms. The highest BCUT2D eigenvalue weighted by Gasteiger charge is 2.18. The second kappa shape index (κ2) is 7.36. The summed E-state index contributed by atoms with van der Waals surface area (Å²) in [7, 11) is 0. The molecule has 6 heteroatoms. The van der Waals surface area contributed by atoms with E-state index in [-0.39, 0.29) is 6.04 Å². The Morgan fingerprint density at radius 3 is 2.80 bits per heavy atom. The van der Waals surface area contributed by atoms with Crippen molar-refractivity contribution in [1.82, 2.24) is 15.2 Å². The van der Waals surface area contributed by atoms with Gasteiger partial charge >= 0.3 is 0 Å². The monoisotopic (exact) mass is 356 g/mol. The van der Waals surface area contributed by atoms with Crippen molar-refractivity contribution in [2.24, 2.45) is 5.84 Å². The average molecular weight is 357 g/mol. The number of hydrogen-bond acceptors (Lipinski definition) is 4. The van der Waals surface area contributed by atoms with E-state index in [9.17, 15) is 0 Å². The third-order valence-corrected chi connectivity index (χ3v) is 5.21. The number of hydrogen-bond donors (Lipinski definition) is 2. The number of nitrogens with two attached hydrogens (primary N) is 1. The molecule has 4 nitrogen and oxygen atoms in total. The molecule has 2 rings (SSSR count). The molecule has 0 aliphatic rings. The van der Waals surface area contributed by atoms with E-state index in [1.54, 1.807) is 11.3 Å². The Kier molecular flexibility index (Phi) is 5.77. The Labute approximate surface area is 132 Å². The van der Waals surface area contributed by atoms with Crippen LogP contribution in [0.15, 0.2) is 22.0 Å². The molecule has 0 amide bonds. The third-order valence-electron chi connectivity index (χ3n) is 3.40. The lowest BCUT2D eigenvalue weighted by molar-refractivity contribution is 0.497. The van der Waals surface area contributed by atoms with E-state index in [0.29, 0.717) is 0 Å². The van der Waals surface area contributed by atoms with Crippen LogP contribution in [0.25, 0.3) is 0 Å². The van der Waals surface area contributed by atoms with Gasteiger partial charge in [0.15, 0.2) is 0 Å². The van der Waals surface area contributed by atoms with Crippen molar-refractivity contribution in [3.8, 4) is 0 Å². The Balaban J connectivity index is 2.16. The van der Waals surface area contributed by atoms with E-state index < -0.39 is 0 Å². The molecule has 0 aromatic carbocycles. The van der Waals surface area contributed by atoms with Crippen molar-refractivity contribution in [2.75, 3.05) is 0 Å². The summed E-state index contributed by atoms with van der Waals surface area (Å²) in [6.07, 6.45) is 2.75. The van der Waals surface area contributed by atoms with Crippen LogP contribution < -0.4 is 11.3 Å². The van der Waals surface area contributed by atoms with Crippen molar-refractivity contribution in [3.05, 3.63) is 38.3 Å². The van der Waals surface area contributed by atoms with Gasteiger partial charge in [0, 0.05) is 23.9 Å². The SMILES string of the molecule is CCc1nn(CC)c(CC(Cc2cccs2)NN)c1Br. The lowest BCUT2D eigenvalue weighted by Gasteiger charge is -2.16. The minimum Gasteiger partial charge on any atom is -0.271 e. The Bertz CT molecular complexity index is 536. The molecule has 0 spiro atoms. The Morgan fingerprint density at radius 1 is 1.45 bits per heavy atom. The average Bonchev–Trinajstić information content (AvgIpc) is 3.07. The van der Waals surface area contributed by atoms with Crippen molar-refractivity contribution in [3.63, 3.8) is 0 Å². The molecule has 2 heterocycles. The molecule has 2 aromatic heterocycles. The van der Waals surface area contributed by atoms with Crippen LogP contribution in [0.5, 0.6) is 0 Å². The normalized spacial score (nSPS) is 12.8. The highest BCUT2D eigenvalue weighted by molar-refractivity contribution is 9.10. The van der Waals surface area contributed by atoms with E-state index in [4.69, 9.17) is 5.84 Å². The van der Waals surface area contributed by atoms with Gasteiger partial charge in [0.25, 0.3) is 0 Å². The van der Waals surface area contributed by atoms with Gasteiger partial charge in [0.2, 0.25) is 0 Å². The van der Waals surface area contributed by atoms with Gasteiger partial charge in [-0.1, -0.05) is 13.0 Å².